The van der Waals surface area contributed by atoms with Crippen LogP contribution in [0.3, 0.4) is 0 Å². The average molecular weight is 325 g/mol. The zero-order chi connectivity index (χ0) is 17.5. The van der Waals surface area contributed by atoms with Crippen LogP contribution in [-0.4, -0.2) is 27.6 Å². The van der Waals surface area contributed by atoms with E-state index in [4.69, 9.17) is 5.41 Å². The lowest BCUT2D eigenvalue weighted by atomic mass is 10.2. The van der Waals surface area contributed by atoms with Crippen molar-refractivity contribution in [1.82, 2.24) is 0 Å². The number of allylic oxidation sites excluding steroid dienone is 1. The molecule has 0 radical (unpaired) electrons. The van der Waals surface area contributed by atoms with Gasteiger partial charge in [0.2, 0.25) is 5.78 Å². The van der Waals surface area contributed by atoms with E-state index >= 15 is 0 Å². The van der Waals surface area contributed by atoms with Crippen molar-refractivity contribution in [2.24, 2.45) is 0 Å². The molecule has 0 aliphatic heterocycles. The first-order valence-corrected chi connectivity index (χ1v) is 6.91. The van der Waals surface area contributed by atoms with E-state index in [1.54, 1.807) is 18.2 Å². The van der Waals surface area contributed by atoms with Gasteiger partial charge in [-0.1, -0.05) is 18.2 Å². The van der Waals surface area contributed by atoms with E-state index in [1.165, 1.54) is 36.5 Å². The standard InChI is InChI=1S/C17H15N3O4/c18-16(17(24)20-11-4-3-5-12(21)10-11)15(23)8-9-19-13-6-1-2-7-14(13)22/h1-10,18-19,21-22H,(H,20,24)/b9-8-,18-16?. The maximum absolute atomic E-state index is 11.8. The molecule has 1 amide bonds. The van der Waals surface area contributed by atoms with Gasteiger partial charge in [0.1, 0.15) is 11.5 Å². The Morgan fingerprint density at radius 1 is 1.04 bits per heavy atom. The van der Waals surface area contributed by atoms with Gasteiger partial charge in [-0.3, -0.25) is 15.0 Å². The van der Waals surface area contributed by atoms with Crippen molar-refractivity contribution in [3.63, 3.8) is 0 Å². The second kappa shape index (κ2) is 7.59. The van der Waals surface area contributed by atoms with E-state index in [-0.39, 0.29) is 17.2 Å². The van der Waals surface area contributed by atoms with Gasteiger partial charge in [-0.05, 0) is 24.3 Å². The number of benzene rings is 2. The fraction of sp³-hybridized carbons (Fsp3) is 0. The van der Waals surface area contributed by atoms with Gasteiger partial charge in [0.05, 0.1) is 5.69 Å². The van der Waals surface area contributed by atoms with E-state index in [0.29, 0.717) is 5.69 Å². The summed E-state index contributed by atoms with van der Waals surface area (Å²) in [4.78, 5) is 23.6. The van der Waals surface area contributed by atoms with Crippen LogP contribution >= 0.6 is 0 Å². The Balaban J connectivity index is 1.94. The van der Waals surface area contributed by atoms with Crippen LogP contribution in [0.25, 0.3) is 0 Å². The van der Waals surface area contributed by atoms with Crippen molar-refractivity contribution >= 4 is 28.8 Å². The number of nitrogens with one attached hydrogen (secondary N) is 3. The van der Waals surface area contributed by atoms with Gasteiger partial charge in [0, 0.05) is 24.0 Å². The molecule has 24 heavy (non-hydrogen) atoms. The molecular weight excluding hydrogens is 310 g/mol. The Hall–Kier alpha value is -3.61. The van der Waals surface area contributed by atoms with E-state index in [1.807, 2.05) is 0 Å². The topological polar surface area (TPSA) is 123 Å². The minimum absolute atomic E-state index is 0.00584. The maximum atomic E-state index is 11.8. The summed E-state index contributed by atoms with van der Waals surface area (Å²) >= 11 is 0. The zero-order valence-corrected chi connectivity index (χ0v) is 12.5. The van der Waals surface area contributed by atoms with Crippen LogP contribution in [0.4, 0.5) is 11.4 Å². The monoisotopic (exact) mass is 325 g/mol. The highest BCUT2D eigenvalue weighted by molar-refractivity contribution is 6.68. The molecule has 0 aliphatic carbocycles. The number of hydrogen-bond donors (Lipinski definition) is 5. The number of carbonyl (C=O) groups excluding carboxylic acids is 2. The third-order valence-corrected chi connectivity index (χ3v) is 2.96. The molecule has 122 valence electrons. The van der Waals surface area contributed by atoms with Crippen LogP contribution in [0.2, 0.25) is 0 Å². The molecule has 0 fully saturated rings. The van der Waals surface area contributed by atoms with Crippen molar-refractivity contribution in [3.8, 4) is 11.5 Å². The molecule has 0 saturated carbocycles. The Labute approximate surface area is 137 Å². The second-order valence-electron chi connectivity index (χ2n) is 4.74. The largest absolute Gasteiger partial charge is 0.508 e. The Morgan fingerprint density at radius 3 is 2.50 bits per heavy atom. The number of amides is 1. The van der Waals surface area contributed by atoms with Crippen molar-refractivity contribution in [3.05, 3.63) is 60.8 Å². The predicted octanol–water partition coefficient (Wildman–Crippen LogP) is 2.25. The van der Waals surface area contributed by atoms with E-state index in [9.17, 15) is 19.8 Å². The fourth-order valence-electron chi connectivity index (χ4n) is 1.78. The number of ketones is 1. The average Bonchev–Trinajstić information content (AvgIpc) is 2.55. The van der Waals surface area contributed by atoms with E-state index in [2.05, 4.69) is 10.6 Å². The molecule has 0 atom stereocenters. The van der Waals surface area contributed by atoms with Crippen molar-refractivity contribution < 1.29 is 19.8 Å². The molecule has 0 aliphatic rings. The van der Waals surface area contributed by atoms with Crippen LogP contribution in [-0.2, 0) is 9.59 Å². The first-order chi connectivity index (χ1) is 11.5. The third-order valence-electron chi connectivity index (χ3n) is 2.96. The quantitative estimate of drug-likeness (QED) is 0.241. The van der Waals surface area contributed by atoms with Gasteiger partial charge >= 0.3 is 0 Å². The van der Waals surface area contributed by atoms with Crippen molar-refractivity contribution in [1.29, 1.82) is 5.41 Å². The summed E-state index contributed by atoms with van der Waals surface area (Å²) in [7, 11) is 0. The molecule has 2 aromatic carbocycles. The highest BCUT2D eigenvalue weighted by Gasteiger charge is 2.16. The van der Waals surface area contributed by atoms with Gasteiger partial charge in [-0.2, -0.15) is 0 Å². The summed E-state index contributed by atoms with van der Waals surface area (Å²) in [5.74, 6) is -1.74. The molecule has 0 bridgehead atoms. The SMILES string of the molecule is N=C(C(=O)/C=C\Nc1ccccc1O)C(=O)Nc1cccc(O)c1. The zero-order valence-electron chi connectivity index (χ0n) is 12.5. The second-order valence-corrected chi connectivity index (χ2v) is 4.74. The number of para-hydroxylation sites is 2. The molecule has 0 unspecified atom stereocenters. The number of carbonyl (C=O) groups is 2. The minimum Gasteiger partial charge on any atom is -0.508 e. The summed E-state index contributed by atoms with van der Waals surface area (Å²) in [6.07, 6.45) is 2.24. The number of rotatable bonds is 6. The highest BCUT2D eigenvalue weighted by atomic mass is 16.3. The molecule has 0 saturated heterocycles. The number of phenols is 2. The number of aromatic hydroxyl groups is 2. The molecule has 2 aromatic rings. The molecule has 0 spiro atoms. The van der Waals surface area contributed by atoms with Gasteiger partial charge in [0.15, 0.2) is 5.71 Å². The number of hydrogen-bond acceptors (Lipinski definition) is 6. The lowest BCUT2D eigenvalue weighted by Crippen LogP contribution is -2.28. The summed E-state index contributed by atoms with van der Waals surface area (Å²) < 4.78 is 0. The number of phenolic OH excluding ortho intramolecular Hbond substituents is 2. The number of anilines is 2. The first kappa shape index (κ1) is 16.8. The van der Waals surface area contributed by atoms with Crippen LogP contribution in [0.5, 0.6) is 11.5 Å². The maximum Gasteiger partial charge on any atom is 0.277 e. The predicted molar refractivity (Wildman–Crippen MR) is 90.3 cm³/mol. The summed E-state index contributed by atoms with van der Waals surface area (Å²) in [5, 5.41) is 31.5. The minimum atomic E-state index is -0.891. The highest BCUT2D eigenvalue weighted by Crippen LogP contribution is 2.21. The van der Waals surface area contributed by atoms with E-state index < -0.39 is 17.4 Å². The van der Waals surface area contributed by atoms with Gasteiger partial charge in [0.25, 0.3) is 5.91 Å². The first-order valence-electron chi connectivity index (χ1n) is 6.91. The summed E-state index contributed by atoms with van der Waals surface area (Å²) in [6, 6.07) is 12.2. The van der Waals surface area contributed by atoms with Gasteiger partial charge in [-0.25, -0.2) is 0 Å². The molecule has 5 N–H and O–H groups in total. The molecule has 7 heteroatoms. The van der Waals surface area contributed by atoms with Crippen molar-refractivity contribution in [2.75, 3.05) is 10.6 Å². The molecule has 0 heterocycles. The van der Waals surface area contributed by atoms with Crippen LogP contribution in [0.15, 0.2) is 60.8 Å². The molecule has 2 rings (SSSR count). The lowest BCUT2D eigenvalue weighted by molar-refractivity contribution is -0.113. The normalized spacial score (nSPS) is 10.3. The summed E-state index contributed by atoms with van der Waals surface area (Å²) in [6.45, 7) is 0. The summed E-state index contributed by atoms with van der Waals surface area (Å²) in [5.41, 5.74) is -0.0974. The van der Waals surface area contributed by atoms with Crippen LogP contribution in [0.1, 0.15) is 0 Å². The van der Waals surface area contributed by atoms with Gasteiger partial charge in [-0.15, -0.1) is 0 Å². The molecule has 0 aromatic heterocycles. The van der Waals surface area contributed by atoms with Crippen LogP contribution < -0.4 is 10.6 Å². The smallest absolute Gasteiger partial charge is 0.277 e. The Bertz CT molecular complexity index is 815. The van der Waals surface area contributed by atoms with Gasteiger partial charge < -0.3 is 20.8 Å². The molecule has 7 nitrogen and oxygen atoms in total. The van der Waals surface area contributed by atoms with Crippen LogP contribution in [0, 0.1) is 5.41 Å². The third kappa shape index (κ3) is 4.44. The fourth-order valence-corrected chi connectivity index (χ4v) is 1.78. The van der Waals surface area contributed by atoms with Crippen molar-refractivity contribution in [2.45, 2.75) is 0 Å². The Kier molecular flexibility index (Phi) is 5.30. The lowest BCUT2D eigenvalue weighted by Gasteiger charge is -2.05. The molecular formula is C17H15N3O4. The van der Waals surface area contributed by atoms with E-state index in [0.717, 1.165) is 6.08 Å². The Morgan fingerprint density at radius 2 is 1.79 bits per heavy atom.